The van der Waals surface area contributed by atoms with Gasteiger partial charge in [-0.25, -0.2) is 0 Å². The summed E-state index contributed by atoms with van der Waals surface area (Å²) in [5.74, 6) is 0.0694. The Balaban J connectivity index is 2.24. The maximum Gasteiger partial charge on any atom is 0.306 e. The van der Waals surface area contributed by atoms with Crippen LogP contribution in [0.15, 0.2) is 0 Å². The second-order valence-corrected chi connectivity index (χ2v) is 6.96. The largest absolute Gasteiger partial charge is 0.481 e. The van der Waals surface area contributed by atoms with Crippen LogP contribution in [-0.2, 0) is 4.79 Å². The zero-order chi connectivity index (χ0) is 14.3. The number of hydrogen-bond acceptors (Lipinski definition) is 1. The Morgan fingerprint density at radius 3 is 2.26 bits per heavy atom. The Hall–Kier alpha value is -0.570. The van der Waals surface area contributed by atoms with E-state index < -0.39 is 5.97 Å². The third kappa shape index (κ3) is 6.42. The van der Waals surface area contributed by atoms with Crippen LogP contribution in [0.4, 0.5) is 0 Å². The molecule has 0 amide bonds. The summed E-state index contributed by atoms with van der Waals surface area (Å²) in [5.41, 5.74) is 0. The first-order chi connectivity index (χ1) is 8.94. The van der Waals surface area contributed by atoms with Crippen LogP contribution in [0, 0.1) is 11.8 Å². The second-order valence-electron chi connectivity index (χ2n) is 6.96. The highest BCUT2D eigenvalue weighted by atomic mass is 16.4. The zero-order valence-corrected chi connectivity index (χ0v) is 13.0. The van der Waals surface area contributed by atoms with Crippen molar-refractivity contribution in [1.82, 2.24) is 0 Å². The molecule has 0 saturated heterocycles. The van der Waals surface area contributed by atoms with Gasteiger partial charge in [-0.05, 0) is 38.5 Å². The third-order valence-corrected chi connectivity index (χ3v) is 4.57. The molecule has 0 aromatic rings. The summed E-state index contributed by atoms with van der Waals surface area (Å²) >= 11 is 0. The highest BCUT2D eigenvalue weighted by Crippen LogP contribution is 2.30. The van der Waals surface area contributed by atoms with Gasteiger partial charge in [0.1, 0.15) is 0 Å². The molecule has 1 aliphatic rings. The Bertz CT molecular complexity index is 268. The topological polar surface area (TPSA) is 37.3 Å². The van der Waals surface area contributed by atoms with Gasteiger partial charge in [0.05, 0.1) is 33.1 Å². The molecular formula is C16H32NO2+. The van der Waals surface area contributed by atoms with Gasteiger partial charge < -0.3 is 9.59 Å². The van der Waals surface area contributed by atoms with Gasteiger partial charge in [-0.3, -0.25) is 4.79 Å². The van der Waals surface area contributed by atoms with Gasteiger partial charge >= 0.3 is 5.97 Å². The van der Waals surface area contributed by atoms with Crippen molar-refractivity contribution < 1.29 is 14.4 Å². The Labute approximate surface area is 118 Å². The molecule has 0 bridgehead atoms. The molecular weight excluding hydrogens is 238 g/mol. The Morgan fingerprint density at radius 2 is 1.74 bits per heavy atom. The van der Waals surface area contributed by atoms with Crippen molar-refractivity contribution in [2.45, 2.75) is 58.3 Å². The lowest BCUT2D eigenvalue weighted by atomic mass is 9.81. The lowest BCUT2D eigenvalue weighted by molar-refractivity contribution is -0.894. The van der Waals surface area contributed by atoms with Crippen molar-refractivity contribution in [3.8, 4) is 0 Å². The summed E-state index contributed by atoms with van der Waals surface area (Å²) in [5, 5.41) is 9.02. The number of carbonyl (C=O) groups is 1. The number of carboxylic acid groups (broad SMARTS) is 1. The van der Waals surface area contributed by atoms with E-state index in [-0.39, 0.29) is 5.92 Å². The molecule has 1 aliphatic carbocycles. The van der Waals surface area contributed by atoms with E-state index in [2.05, 4.69) is 21.0 Å². The number of carboxylic acids is 1. The van der Waals surface area contributed by atoms with E-state index in [1.807, 2.05) is 0 Å². The van der Waals surface area contributed by atoms with Gasteiger partial charge in [0.25, 0.3) is 0 Å². The number of quaternary nitrogens is 1. The van der Waals surface area contributed by atoms with Gasteiger partial charge in [-0.15, -0.1) is 0 Å². The second kappa shape index (κ2) is 7.88. The van der Waals surface area contributed by atoms with Crippen LogP contribution in [0.3, 0.4) is 0 Å². The van der Waals surface area contributed by atoms with Crippen LogP contribution in [0.2, 0.25) is 0 Å². The van der Waals surface area contributed by atoms with Gasteiger partial charge in [-0.2, -0.15) is 0 Å². The van der Waals surface area contributed by atoms with Crippen molar-refractivity contribution in [2.24, 2.45) is 11.8 Å². The maximum absolute atomic E-state index is 10.9. The molecule has 0 atom stereocenters. The highest BCUT2D eigenvalue weighted by Gasteiger charge is 2.29. The van der Waals surface area contributed by atoms with E-state index in [4.69, 9.17) is 5.11 Å². The lowest BCUT2D eigenvalue weighted by Crippen LogP contribution is -2.45. The van der Waals surface area contributed by atoms with Gasteiger partial charge in [0.15, 0.2) is 0 Å². The smallest absolute Gasteiger partial charge is 0.306 e. The average molecular weight is 270 g/mol. The first-order valence-electron chi connectivity index (χ1n) is 7.99. The molecule has 0 aromatic heterocycles. The van der Waals surface area contributed by atoms with Crippen LogP contribution in [-0.4, -0.2) is 42.7 Å². The standard InChI is InChI=1S/C16H31NO2/c1-4-5-6-7-12-17(2,3)13-14-8-10-15(11-9-14)16(18)19/h14-15H,4-13H2,1-3H3/p+1. The molecule has 1 N–H and O–H groups in total. The molecule has 0 radical (unpaired) electrons. The monoisotopic (exact) mass is 270 g/mol. The SMILES string of the molecule is CCCCCC[N+](C)(C)CC1CCC(C(=O)O)CC1. The van der Waals surface area contributed by atoms with E-state index in [0.29, 0.717) is 0 Å². The molecule has 1 rings (SSSR count). The quantitative estimate of drug-likeness (QED) is 0.541. The van der Waals surface area contributed by atoms with E-state index in [9.17, 15) is 4.79 Å². The predicted octanol–water partition coefficient (Wildman–Crippen LogP) is 3.53. The van der Waals surface area contributed by atoms with Gasteiger partial charge in [0.2, 0.25) is 0 Å². The minimum atomic E-state index is -0.591. The molecule has 0 spiro atoms. The van der Waals surface area contributed by atoms with Gasteiger partial charge in [0, 0.05) is 5.92 Å². The predicted molar refractivity (Wildman–Crippen MR) is 79.1 cm³/mol. The van der Waals surface area contributed by atoms with E-state index in [1.165, 1.54) is 38.8 Å². The summed E-state index contributed by atoms with van der Waals surface area (Å²) in [4.78, 5) is 10.9. The van der Waals surface area contributed by atoms with Crippen LogP contribution in [0.25, 0.3) is 0 Å². The fraction of sp³-hybridized carbons (Fsp3) is 0.938. The number of unbranched alkanes of at least 4 members (excludes halogenated alkanes) is 3. The number of nitrogens with zero attached hydrogens (tertiary/aromatic N) is 1. The Kier molecular flexibility index (Phi) is 6.84. The fourth-order valence-corrected chi connectivity index (χ4v) is 3.35. The van der Waals surface area contributed by atoms with Crippen molar-refractivity contribution in [1.29, 1.82) is 0 Å². The first-order valence-corrected chi connectivity index (χ1v) is 7.99. The summed E-state index contributed by atoms with van der Waals surface area (Å²) in [7, 11) is 4.66. The number of hydrogen-bond donors (Lipinski definition) is 1. The number of rotatable bonds is 8. The minimum Gasteiger partial charge on any atom is -0.481 e. The molecule has 0 aliphatic heterocycles. The van der Waals surface area contributed by atoms with Crippen LogP contribution in [0.5, 0.6) is 0 Å². The zero-order valence-electron chi connectivity index (χ0n) is 13.0. The van der Waals surface area contributed by atoms with E-state index in [1.54, 1.807) is 0 Å². The lowest BCUT2D eigenvalue weighted by Gasteiger charge is -2.36. The van der Waals surface area contributed by atoms with Crippen molar-refractivity contribution >= 4 is 5.97 Å². The summed E-state index contributed by atoms with van der Waals surface area (Å²) in [6.45, 7) is 4.73. The summed E-state index contributed by atoms with van der Waals surface area (Å²) < 4.78 is 1.10. The van der Waals surface area contributed by atoms with Crippen molar-refractivity contribution in [3.63, 3.8) is 0 Å². The van der Waals surface area contributed by atoms with Crippen LogP contribution >= 0.6 is 0 Å². The number of aliphatic carboxylic acids is 1. The van der Waals surface area contributed by atoms with Crippen LogP contribution in [0.1, 0.15) is 58.3 Å². The maximum atomic E-state index is 10.9. The fourth-order valence-electron chi connectivity index (χ4n) is 3.35. The molecule has 19 heavy (non-hydrogen) atoms. The third-order valence-electron chi connectivity index (χ3n) is 4.57. The normalized spacial score (nSPS) is 24.4. The van der Waals surface area contributed by atoms with Crippen molar-refractivity contribution in [2.75, 3.05) is 27.2 Å². The summed E-state index contributed by atoms with van der Waals surface area (Å²) in [6, 6.07) is 0. The molecule has 0 aromatic carbocycles. The first kappa shape index (κ1) is 16.5. The summed E-state index contributed by atoms with van der Waals surface area (Å²) in [6.07, 6.45) is 9.30. The van der Waals surface area contributed by atoms with E-state index in [0.717, 1.165) is 36.1 Å². The molecule has 3 nitrogen and oxygen atoms in total. The highest BCUT2D eigenvalue weighted by molar-refractivity contribution is 5.69. The average Bonchev–Trinajstić information content (AvgIpc) is 2.35. The molecule has 0 heterocycles. The Morgan fingerprint density at radius 1 is 1.11 bits per heavy atom. The molecule has 112 valence electrons. The van der Waals surface area contributed by atoms with Gasteiger partial charge in [-0.1, -0.05) is 19.8 Å². The molecule has 3 heteroatoms. The van der Waals surface area contributed by atoms with Crippen molar-refractivity contribution in [3.05, 3.63) is 0 Å². The minimum absolute atomic E-state index is 0.0728. The molecule has 1 saturated carbocycles. The van der Waals surface area contributed by atoms with E-state index >= 15 is 0 Å². The van der Waals surface area contributed by atoms with Crippen LogP contribution < -0.4 is 0 Å². The molecule has 0 unspecified atom stereocenters. The molecule has 1 fully saturated rings.